The average molecular weight is 378 g/mol. The topological polar surface area (TPSA) is 161 Å². The van der Waals surface area contributed by atoms with Crippen LogP contribution in [0.25, 0.3) is 12.2 Å². The van der Waals surface area contributed by atoms with Crippen molar-refractivity contribution in [1.29, 1.82) is 0 Å². The molecule has 2 rings (SSSR count). The molecule has 0 unspecified atom stereocenters. The number of benzene rings is 2. The van der Waals surface area contributed by atoms with Gasteiger partial charge in [0.05, 0.1) is 11.4 Å². The summed E-state index contributed by atoms with van der Waals surface area (Å²) >= 11 is 0. The Morgan fingerprint density at radius 3 is 1.84 bits per heavy atom. The first-order valence-electron chi connectivity index (χ1n) is 6.42. The van der Waals surface area contributed by atoms with Crippen LogP contribution in [-0.4, -0.2) is 44.8 Å². The van der Waals surface area contributed by atoms with Crippen LogP contribution in [0, 0.1) is 0 Å². The molecule has 8 nitrogen and oxygen atoms in total. The quantitative estimate of drug-likeness (QED) is 0.264. The second-order valence-electron chi connectivity index (χ2n) is 4.82. The Kier molecular flexibility index (Phi) is 6.47. The van der Waals surface area contributed by atoms with Gasteiger partial charge in [-0.05, 0) is 17.2 Å². The molecule has 0 amide bonds. The summed E-state index contributed by atoms with van der Waals surface area (Å²) in [6.45, 7) is 0. The molecule has 25 heavy (non-hydrogen) atoms. The molecule has 0 radical (unpaired) electrons. The van der Waals surface area contributed by atoms with E-state index in [1.807, 2.05) is 0 Å². The number of anilines is 2. The summed E-state index contributed by atoms with van der Waals surface area (Å²) in [5.41, 5.74) is 10.4. The Hall–Kier alpha value is -1.80. The fourth-order valence-electron chi connectivity index (χ4n) is 2.16. The van der Waals surface area contributed by atoms with Crippen LogP contribution in [-0.2, 0) is 20.2 Å². The van der Waals surface area contributed by atoms with Crippen LogP contribution in [0.4, 0.5) is 11.4 Å². The summed E-state index contributed by atoms with van der Waals surface area (Å²) in [6.07, 6.45) is 2.83. The number of hydrogen-bond acceptors (Lipinski definition) is 6. The number of nitrogen functional groups attached to an aromatic ring is 2. The van der Waals surface area contributed by atoms with Crippen LogP contribution in [0.1, 0.15) is 11.1 Å². The standard InChI is InChI=1S/C14H14N2O6S2.Li.H/c15-11-8-10(7-6-9-4-2-1-3-5-9)13(23(17,18)19)12(16)14(11)24(20,21)22;;/h1-8H,15-16H2,(H,17,18,19)(H,20,21,22);;. The van der Waals surface area contributed by atoms with Gasteiger partial charge in [0.2, 0.25) is 0 Å². The molecule has 0 atom stereocenters. The zero-order valence-corrected chi connectivity index (χ0v) is 13.8. The molecule has 2 aromatic carbocycles. The second-order valence-corrected chi connectivity index (χ2v) is 7.54. The van der Waals surface area contributed by atoms with Crippen molar-refractivity contribution in [1.82, 2.24) is 0 Å². The van der Waals surface area contributed by atoms with Gasteiger partial charge in [0.25, 0.3) is 20.2 Å². The van der Waals surface area contributed by atoms with Crippen LogP contribution in [0.15, 0.2) is 46.2 Å². The molecular formula is C14H15LiN2O6S2. The molecule has 0 aromatic heterocycles. The molecule has 0 aliphatic heterocycles. The van der Waals surface area contributed by atoms with Crippen LogP contribution < -0.4 is 11.5 Å². The summed E-state index contributed by atoms with van der Waals surface area (Å²) in [5.74, 6) is 0. The van der Waals surface area contributed by atoms with Gasteiger partial charge in [-0.3, -0.25) is 9.11 Å². The first kappa shape index (κ1) is 21.2. The van der Waals surface area contributed by atoms with Crippen LogP contribution in [0.2, 0.25) is 0 Å². The molecule has 0 spiro atoms. The zero-order valence-electron chi connectivity index (χ0n) is 12.1. The van der Waals surface area contributed by atoms with Gasteiger partial charge in [-0.1, -0.05) is 42.5 Å². The monoisotopic (exact) mass is 378 g/mol. The summed E-state index contributed by atoms with van der Waals surface area (Å²) in [4.78, 5) is -1.82. The third-order valence-electron chi connectivity index (χ3n) is 3.10. The molecule has 0 bridgehead atoms. The molecule has 0 heterocycles. The fourth-order valence-corrected chi connectivity index (χ4v) is 3.77. The van der Waals surface area contributed by atoms with E-state index in [1.165, 1.54) is 12.2 Å². The molecule has 6 N–H and O–H groups in total. The van der Waals surface area contributed by atoms with Gasteiger partial charge < -0.3 is 11.5 Å². The van der Waals surface area contributed by atoms with Crippen molar-refractivity contribution < 1.29 is 25.9 Å². The molecule has 0 aliphatic carbocycles. The SMILES string of the molecule is Nc1cc(C=Cc2ccccc2)c(S(=O)(=O)O)c(N)c1S(=O)(=O)O.[LiH]. The van der Waals surface area contributed by atoms with Crippen molar-refractivity contribution in [2.24, 2.45) is 0 Å². The Balaban J connectivity index is 0.00000312. The van der Waals surface area contributed by atoms with E-state index >= 15 is 0 Å². The fraction of sp³-hybridized carbons (Fsp3) is 0. The van der Waals surface area contributed by atoms with Crippen molar-refractivity contribution in [2.75, 3.05) is 11.5 Å². The molecule has 0 saturated carbocycles. The van der Waals surface area contributed by atoms with E-state index in [-0.39, 0.29) is 24.4 Å². The normalized spacial score (nSPS) is 12.1. The predicted molar refractivity (Wildman–Crippen MR) is 97.4 cm³/mol. The van der Waals surface area contributed by atoms with Gasteiger partial charge >= 0.3 is 18.9 Å². The van der Waals surface area contributed by atoms with Gasteiger partial charge in [-0.15, -0.1) is 0 Å². The molecule has 2 aromatic rings. The number of hydrogen-bond donors (Lipinski definition) is 4. The molecular weight excluding hydrogens is 363 g/mol. The Morgan fingerprint density at radius 1 is 0.840 bits per heavy atom. The first-order chi connectivity index (χ1) is 11.0. The van der Waals surface area contributed by atoms with E-state index in [0.717, 1.165) is 11.6 Å². The van der Waals surface area contributed by atoms with E-state index in [4.69, 9.17) is 16.0 Å². The van der Waals surface area contributed by atoms with Crippen molar-refractivity contribution in [2.45, 2.75) is 9.79 Å². The van der Waals surface area contributed by atoms with E-state index < -0.39 is 41.4 Å². The predicted octanol–water partition coefficient (Wildman–Crippen LogP) is 0.866. The maximum atomic E-state index is 11.6. The Labute approximate surface area is 157 Å². The summed E-state index contributed by atoms with van der Waals surface area (Å²) < 4.78 is 64.4. The molecule has 0 saturated heterocycles. The van der Waals surface area contributed by atoms with Gasteiger partial charge in [0.1, 0.15) is 9.79 Å². The summed E-state index contributed by atoms with van der Waals surface area (Å²) in [6, 6.07) is 9.77. The van der Waals surface area contributed by atoms with Gasteiger partial charge in [-0.2, -0.15) is 16.8 Å². The van der Waals surface area contributed by atoms with E-state index in [1.54, 1.807) is 30.3 Å². The Morgan fingerprint density at radius 2 is 1.36 bits per heavy atom. The molecule has 0 aliphatic rings. The minimum absolute atomic E-state index is 0. The summed E-state index contributed by atoms with van der Waals surface area (Å²) in [5, 5.41) is 0. The van der Waals surface area contributed by atoms with E-state index in [9.17, 15) is 21.4 Å². The Bertz CT molecular complexity index is 1020. The number of nitrogens with two attached hydrogens (primary N) is 2. The van der Waals surface area contributed by atoms with E-state index in [0.29, 0.717) is 0 Å². The maximum absolute atomic E-state index is 11.6. The molecule has 130 valence electrons. The third-order valence-corrected chi connectivity index (χ3v) is 5.04. The average Bonchev–Trinajstić information content (AvgIpc) is 2.42. The van der Waals surface area contributed by atoms with Crippen LogP contribution in [0.3, 0.4) is 0 Å². The van der Waals surface area contributed by atoms with Crippen LogP contribution in [0.5, 0.6) is 0 Å². The van der Waals surface area contributed by atoms with Crippen molar-refractivity contribution in [3.05, 3.63) is 47.5 Å². The van der Waals surface area contributed by atoms with Crippen molar-refractivity contribution in [3.63, 3.8) is 0 Å². The minimum atomic E-state index is -4.88. The van der Waals surface area contributed by atoms with Crippen molar-refractivity contribution >= 4 is 62.6 Å². The van der Waals surface area contributed by atoms with Crippen molar-refractivity contribution in [3.8, 4) is 0 Å². The summed E-state index contributed by atoms with van der Waals surface area (Å²) in [7, 11) is -9.76. The van der Waals surface area contributed by atoms with Crippen LogP contribution >= 0.6 is 0 Å². The van der Waals surface area contributed by atoms with Gasteiger partial charge in [0, 0.05) is 0 Å². The number of rotatable bonds is 4. The first-order valence-corrected chi connectivity index (χ1v) is 9.30. The molecule has 11 heteroatoms. The van der Waals surface area contributed by atoms with Gasteiger partial charge in [-0.25, -0.2) is 0 Å². The van der Waals surface area contributed by atoms with Gasteiger partial charge in [0.15, 0.2) is 0 Å². The zero-order chi connectivity index (χ0) is 18.1. The second kappa shape index (κ2) is 7.61. The van der Waals surface area contributed by atoms with E-state index in [2.05, 4.69) is 0 Å². The third kappa shape index (κ3) is 4.85. The molecule has 0 fully saturated rings.